The van der Waals surface area contributed by atoms with Crippen molar-refractivity contribution in [1.82, 2.24) is 5.32 Å². The number of likely N-dealkylation sites (N-methyl/N-ethyl adjacent to an activating group) is 1. The van der Waals surface area contributed by atoms with Gasteiger partial charge in [-0.1, -0.05) is 41.9 Å². The molecule has 0 radical (unpaired) electrons. The first-order valence-corrected chi connectivity index (χ1v) is 12.7. The van der Waals surface area contributed by atoms with Crippen LogP contribution >= 0.6 is 11.6 Å². The van der Waals surface area contributed by atoms with E-state index in [0.717, 1.165) is 36.1 Å². The molecule has 2 aromatic carbocycles. The van der Waals surface area contributed by atoms with Crippen LogP contribution in [0.2, 0.25) is 5.02 Å². The van der Waals surface area contributed by atoms with Gasteiger partial charge in [0.25, 0.3) is 0 Å². The molecule has 2 amide bonds. The predicted molar refractivity (Wildman–Crippen MR) is 145 cm³/mol. The van der Waals surface area contributed by atoms with Crippen molar-refractivity contribution in [3.05, 3.63) is 59.1 Å². The van der Waals surface area contributed by atoms with Crippen molar-refractivity contribution in [3.8, 4) is 5.75 Å². The molecule has 0 fully saturated rings. The minimum atomic E-state index is -0.849. The van der Waals surface area contributed by atoms with Crippen molar-refractivity contribution in [2.75, 3.05) is 45.1 Å². The Morgan fingerprint density at radius 1 is 1.00 bits per heavy atom. The highest BCUT2D eigenvalue weighted by molar-refractivity contribution is 6.31. The number of benzene rings is 2. The molecule has 9 N–H and O–H groups in total. The molecule has 0 saturated heterocycles. The lowest BCUT2D eigenvalue weighted by molar-refractivity contribution is -0.907. The molecule has 0 aromatic heterocycles. The maximum Gasteiger partial charge on any atom is 0.247 e. The second-order valence-corrected chi connectivity index (χ2v) is 9.79. The van der Waals surface area contributed by atoms with E-state index >= 15 is 0 Å². The van der Waals surface area contributed by atoms with E-state index in [1.54, 1.807) is 0 Å². The Labute approximate surface area is 218 Å². The summed E-state index contributed by atoms with van der Waals surface area (Å²) in [6.07, 6.45) is 2.13. The summed E-state index contributed by atoms with van der Waals surface area (Å²) in [6.45, 7) is 3.53. The number of halogens is 1. The van der Waals surface area contributed by atoms with Crippen LogP contribution in [0.15, 0.2) is 48.5 Å². The number of phenolic OH excluding ortho intramolecular Hbond substituents is 1. The summed E-state index contributed by atoms with van der Waals surface area (Å²) in [4.78, 5) is 26.0. The molecule has 0 aliphatic heterocycles. The van der Waals surface area contributed by atoms with E-state index in [4.69, 9.17) is 28.8 Å². The van der Waals surface area contributed by atoms with Gasteiger partial charge in [-0.15, -0.1) is 0 Å². The van der Waals surface area contributed by atoms with Crippen LogP contribution in [0.4, 0.5) is 5.69 Å². The number of nitrogens with zero attached hydrogens (tertiary/aromatic N) is 1. The molecule has 0 spiro atoms. The first-order chi connectivity index (χ1) is 17.2. The highest BCUT2D eigenvalue weighted by Crippen LogP contribution is 2.26. The molecule has 2 atom stereocenters. The third kappa shape index (κ3) is 9.75. The van der Waals surface area contributed by atoms with Gasteiger partial charge in [0, 0.05) is 18.1 Å². The molecule has 0 bridgehead atoms. The molecule has 9 nitrogen and oxygen atoms in total. The number of rotatable bonds is 15. The van der Waals surface area contributed by atoms with E-state index in [1.807, 2.05) is 30.3 Å². The summed E-state index contributed by atoms with van der Waals surface area (Å²) in [5, 5.41) is 15.9. The molecule has 0 aliphatic rings. The maximum atomic E-state index is 13.1. The average molecular weight is 520 g/mol. The Hall–Kier alpha value is -2.69. The molecule has 2 rings (SSSR count). The van der Waals surface area contributed by atoms with Gasteiger partial charge < -0.3 is 37.4 Å². The van der Waals surface area contributed by atoms with Gasteiger partial charge in [-0.05, 0) is 49.4 Å². The second kappa shape index (κ2) is 14.8. The monoisotopic (exact) mass is 519 g/mol. The summed E-state index contributed by atoms with van der Waals surface area (Å²) in [6, 6.07) is 12.4. The fourth-order valence-corrected chi connectivity index (χ4v) is 4.29. The number of carbonyl (C=O) groups excluding carboxylic acids is 2. The van der Waals surface area contributed by atoms with Gasteiger partial charge in [0.1, 0.15) is 11.8 Å². The van der Waals surface area contributed by atoms with Crippen molar-refractivity contribution >= 4 is 29.1 Å². The van der Waals surface area contributed by atoms with Crippen molar-refractivity contribution in [1.29, 1.82) is 0 Å². The van der Waals surface area contributed by atoms with E-state index in [2.05, 4.69) is 17.7 Å². The van der Waals surface area contributed by atoms with Crippen LogP contribution in [0.1, 0.15) is 24.8 Å². The van der Waals surface area contributed by atoms with Crippen LogP contribution in [0, 0.1) is 0 Å². The lowest BCUT2D eigenvalue weighted by Crippen LogP contribution is -2.52. The minimum absolute atomic E-state index is 0.117. The van der Waals surface area contributed by atoms with E-state index in [9.17, 15) is 14.7 Å². The second-order valence-electron chi connectivity index (χ2n) is 9.35. The molecule has 2 aromatic rings. The van der Waals surface area contributed by atoms with Gasteiger partial charge in [-0.2, -0.15) is 0 Å². The van der Waals surface area contributed by atoms with Crippen LogP contribution in [-0.4, -0.2) is 73.3 Å². The maximum absolute atomic E-state index is 13.1. The molecule has 36 heavy (non-hydrogen) atoms. The normalized spacial score (nSPS) is 13.1. The van der Waals surface area contributed by atoms with E-state index in [-0.39, 0.29) is 11.4 Å². The SMILES string of the molecule is C[N+](CCN)(CCN)CCC[C@H](N)C(=O)N[C@H](CCc1ccccc1)C(=O)Nc1cc(Cl)ccc1O. The van der Waals surface area contributed by atoms with Crippen LogP contribution < -0.4 is 27.8 Å². The molecule has 0 heterocycles. The molecular formula is C26H40ClN6O3+. The Morgan fingerprint density at radius 2 is 1.67 bits per heavy atom. The zero-order valence-corrected chi connectivity index (χ0v) is 21.7. The topological polar surface area (TPSA) is 156 Å². The zero-order chi connectivity index (χ0) is 26.6. The Bertz CT molecular complexity index is 969. The fraction of sp³-hybridized carbons (Fsp3) is 0.462. The van der Waals surface area contributed by atoms with Crippen molar-refractivity contribution in [2.45, 2.75) is 37.8 Å². The molecule has 0 saturated carbocycles. The number of amides is 2. The average Bonchev–Trinajstić information content (AvgIpc) is 2.84. The van der Waals surface area contributed by atoms with Crippen LogP contribution in [0.5, 0.6) is 5.75 Å². The number of anilines is 1. The zero-order valence-electron chi connectivity index (χ0n) is 21.0. The Balaban J connectivity index is 2.03. The molecular weight excluding hydrogens is 480 g/mol. The first-order valence-electron chi connectivity index (χ1n) is 12.3. The number of nitrogens with two attached hydrogens (primary N) is 3. The molecule has 198 valence electrons. The van der Waals surface area contributed by atoms with Gasteiger partial charge in [0.2, 0.25) is 11.8 Å². The summed E-state index contributed by atoms with van der Waals surface area (Å²) in [5.41, 5.74) is 18.9. The number of hydrogen-bond donors (Lipinski definition) is 6. The standard InChI is InChI=1S/C26H39ClN6O3/c1-33(16-13-28,17-14-29)15-5-8-21(30)25(35)31-22(11-9-19-6-3-2-4-7-19)26(36)32-23-18-20(27)10-12-24(23)34/h2-4,6-7,10,12,18,21-22H,5,8-9,11,13-17,28-30H2,1H3,(H2-,31,32,34,35,36)/p+1/t21-,22+/m0/s1. The van der Waals surface area contributed by atoms with Gasteiger partial charge in [-0.3, -0.25) is 9.59 Å². The van der Waals surface area contributed by atoms with Gasteiger partial charge in [0.15, 0.2) is 0 Å². The third-order valence-corrected chi connectivity index (χ3v) is 6.54. The smallest absolute Gasteiger partial charge is 0.247 e. The number of quaternary nitrogens is 1. The highest BCUT2D eigenvalue weighted by Gasteiger charge is 2.26. The summed E-state index contributed by atoms with van der Waals surface area (Å²) in [5.74, 6) is -0.974. The lowest BCUT2D eigenvalue weighted by Gasteiger charge is -2.34. The predicted octanol–water partition coefficient (Wildman–Crippen LogP) is 1.57. The quantitative estimate of drug-likeness (QED) is 0.155. The van der Waals surface area contributed by atoms with Gasteiger partial charge in [-0.25, -0.2) is 0 Å². The van der Waals surface area contributed by atoms with E-state index in [1.165, 1.54) is 18.2 Å². The number of aryl methyl sites for hydroxylation is 1. The summed E-state index contributed by atoms with van der Waals surface area (Å²) >= 11 is 6.00. The largest absolute Gasteiger partial charge is 0.506 e. The summed E-state index contributed by atoms with van der Waals surface area (Å²) in [7, 11) is 2.10. The molecule has 0 unspecified atom stereocenters. The summed E-state index contributed by atoms with van der Waals surface area (Å²) < 4.78 is 0.729. The van der Waals surface area contributed by atoms with E-state index in [0.29, 0.717) is 37.4 Å². The van der Waals surface area contributed by atoms with Crippen molar-refractivity contribution in [3.63, 3.8) is 0 Å². The fourth-order valence-electron chi connectivity index (χ4n) is 4.11. The number of phenols is 1. The molecule has 0 aliphatic carbocycles. The number of aromatic hydroxyl groups is 1. The van der Waals surface area contributed by atoms with Crippen LogP contribution in [-0.2, 0) is 16.0 Å². The molecule has 10 heteroatoms. The van der Waals surface area contributed by atoms with Gasteiger partial charge in [0.05, 0.1) is 38.4 Å². The highest BCUT2D eigenvalue weighted by atomic mass is 35.5. The number of carbonyl (C=O) groups is 2. The van der Waals surface area contributed by atoms with E-state index < -0.39 is 23.9 Å². The van der Waals surface area contributed by atoms with Crippen LogP contribution in [0.25, 0.3) is 0 Å². The number of nitrogens with one attached hydrogen (secondary N) is 2. The van der Waals surface area contributed by atoms with Crippen molar-refractivity contribution < 1.29 is 19.2 Å². The minimum Gasteiger partial charge on any atom is -0.506 e. The van der Waals surface area contributed by atoms with Crippen LogP contribution in [0.3, 0.4) is 0 Å². The Morgan fingerprint density at radius 3 is 2.31 bits per heavy atom. The van der Waals surface area contributed by atoms with Crippen molar-refractivity contribution in [2.24, 2.45) is 17.2 Å². The van der Waals surface area contributed by atoms with Gasteiger partial charge >= 0.3 is 0 Å². The number of hydrogen-bond acceptors (Lipinski definition) is 6. The third-order valence-electron chi connectivity index (χ3n) is 6.30. The first kappa shape index (κ1) is 29.5. The Kier molecular flexibility index (Phi) is 12.1. The lowest BCUT2D eigenvalue weighted by atomic mass is 10.0.